The maximum absolute atomic E-state index is 4.89. The van der Waals surface area contributed by atoms with Crippen molar-refractivity contribution in [3.63, 3.8) is 0 Å². The average molecular weight is 394 g/mol. The summed E-state index contributed by atoms with van der Waals surface area (Å²) in [5, 5.41) is 9.29. The van der Waals surface area contributed by atoms with E-state index < -0.39 is 0 Å². The second-order valence-electron chi connectivity index (χ2n) is 7.15. The second-order valence-corrected chi connectivity index (χ2v) is 7.15. The summed E-state index contributed by atoms with van der Waals surface area (Å²) in [4.78, 5) is 2.34. The van der Waals surface area contributed by atoms with Crippen molar-refractivity contribution in [2.75, 3.05) is 23.0 Å². The molecule has 0 N–H and O–H groups in total. The zero-order valence-corrected chi connectivity index (χ0v) is 17.6. The largest absolute Gasteiger partial charge is 0.372 e. The van der Waals surface area contributed by atoms with Crippen LogP contribution in [-0.2, 0) is 0 Å². The molecule has 3 heteroatoms. The number of anilines is 3. The van der Waals surface area contributed by atoms with Crippen molar-refractivity contribution in [3.05, 3.63) is 103 Å². The van der Waals surface area contributed by atoms with Crippen molar-refractivity contribution in [1.29, 1.82) is 0 Å². The molecule has 4 rings (SSSR count). The third kappa shape index (κ3) is 4.20. The predicted octanol–water partition coefficient (Wildman–Crippen LogP) is 6.86. The topological polar surface area (TPSA) is 18.8 Å². The van der Waals surface area contributed by atoms with E-state index in [2.05, 4.69) is 97.6 Å². The van der Waals surface area contributed by atoms with Crippen LogP contribution in [0.5, 0.6) is 0 Å². The Hall–Kier alpha value is -3.59. The molecule has 0 amide bonds. The molecule has 0 saturated carbocycles. The van der Waals surface area contributed by atoms with Gasteiger partial charge in [-0.3, -0.25) is 0 Å². The van der Waals surface area contributed by atoms with E-state index in [0.717, 1.165) is 30.0 Å². The molecule has 4 aromatic rings. The Morgan fingerprint density at radius 3 is 2.07 bits per heavy atom. The number of para-hydroxylation sites is 1. The maximum Gasteiger partial charge on any atom is 0.0730 e. The van der Waals surface area contributed by atoms with Gasteiger partial charge in [0.1, 0.15) is 0 Å². The number of benzene rings is 4. The first-order valence-corrected chi connectivity index (χ1v) is 10.5. The average Bonchev–Trinajstić information content (AvgIpc) is 2.82. The number of nitrogens with zero attached hydrogens (tertiary/aromatic N) is 3. The standard InChI is InChI=1S/C27H27N3/c1-3-29(4-2)24-19-17-22(18-20-24)21-28-30(25-13-6-5-7-14-25)27-16-10-12-23-11-8-9-15-26(23)27/h5-21H,3-4H2,1-2H3/b28-21+. The van der Waals surface area contributed by atoms with Gasteiger partial charge in [0.05, 0.1) is 17.6 Å². The third-order valence-corrected chi connectivity index (χ3v) is 5.34. The van der Waals surface area contributed by atoms with Crippen LogP contribution in [0, 0.1) is 0 Å². The highest BCUT2D eigenvalue weighted by molar-refractivity contribution is 5.96. The molecular weight excluding hydrogens is 366 g/mol. The summed E-state index contributed by atoms with van der Waals surface area (Å²) in [5.41, 5.74) is 4.42. The fraction of sp³-hybridized carbons (Fsp3) is 0.148. The molecule has 0 heterocycles. The van der Waals surface area contributed by atoms with Crippen LogP contribution in [0.2, 0.25) is 0 Å². The number of hydrogen-bond donors (Lipinski definition) is 0. The van der Waals surface area contributed by atoms with Gasteiger partial charge in [0, 0.05) is 24.2 Å². The molecule has 150 valence electrons. The quantitative estimate of drug-likeness (QED) is 0.252. The van der Waals surface area contributed by atoms with Gasteiger partial charge in [0.2, 0.25) is 0 Å². The lowest BCUT2D eigenvalue weighted by atomic mass is 10.1. The van der Waals surface area contributed by atoms with Gasteiger partial charge < -0.3 is 4.90 Å². The number of hydrazone groups is 1. The predicted molar refractivity (Wildman–Crippen MR) is 130 cm³/mol. The van der Waals surface area contributed by atoms with E-state index >= 15 is 0 Å². The molecule has 0 spiro atoms. The molecule has 0 saturated heterocycles. The van der Waals surface area contributed by atoms with E-state index in [1.54, 1.807) is 0 Å². The molecule has 0 aromatic heterocycles. The third-order valence-electron chi connectivity index (χ3n) is 5.34. The van der Waals surface area contributed by atoms with Crippen LogP contribution in [0.3, 0.4) is 0 Å². The van der Waals surface area contributed by atoms with Crippen LogP contribution in [0.4, 0.5) is 17.1 Å². The van der Waals surface area contributed by atoms with Crippen LogP contribution < -0.4 is 9.91 Å². The summed E-state index contributed by atoms with van der Waals surface area (Å²) in [6, 6.07) is 33.6. The molecule has 3 nitrogen and oxygen atoms in total. The highest BCUT2D eigenvalue weighted by Crippen LogP contribution is 2.32. The van der Waals surface area contributed by atoms with E-state index in [-0.39, 0.29) is 0 Å². The molecule has 4 aromatic carbocycles. The van der Waals surface area contributed by atoms with Crippen molar-refractivity contribution >= 4 is 34.0 Å². The van der Waals surface area contributed by atoms with Crippen LogP contribution in [0.25, 0.3) is 10.8 Å². The second kappa shape index (κ2) is 9.27. The zero-order valence-electron chi connectivity index (χ0n) is 17.6. The fourth-order valence-corrected chi connectivity index (χ4v) is 3.71. The molecule has 0 atom stereocenters. The highest BCUT2D eigenvalue weighted by atomic mass is 15.5. The summed E-state index contributed by atoms with van der Waals surface area (Å²) in [6.07, 6.45) is 1.93. The van der Waals surface area contributed by atoms with Gasteiger partial charge >= 0.3 is 0 Å². The van der Waals surface area contributed by atoms with Gasteiger partial charge in [-0.25, -0.2) is 5.01 Å². The van der Waals surface area contributed by atoms with Crippen molar-refractivity contribution in [2.24, 2.45) is 5.10 Å². The number of hydrogen-bond acceptors (Lipinski definition) is 3. The molecule has 0 aliphatic rings. The van der Waals surface area contributed by atoms with Crippen LogP contribution >= 0.6 is 0 Å². The van der Waals surface area contributed by atoms with Gasteiger partial charge in [-0.1, -0.05) is 66.7 Å². The van der Waals surface area contributed by atoms with E-state index in [0.29, 0.717) is 0 Å². The minimum atomic E-state index is 1.01. The Morgan fingerprint density at radius 2 is 1.33 bits per heavy atom. The smallest absolute Gasteiger partial charge is 0.0730 e. The van der Waals surface area contributed by atoms with Crippen molar-refractivity contribution in [2.45, 2.75) is 13.8 Å². The molecule has 0 aliphatic heterocycles. The number of fused-ring (bicyclic) bond motifs is 1. The van der Waals surface area contributed by atoms with Crippen LogP contribution in [-0.4, -0.2) is 19.3 Å². The van der Waals surface area contributed by atoms with Crippen molar-refractivity contribution in [1.82, 2.24) is 0 Å². The molecule has 0 bridgehead atoms. The summed E-state index contributed by atoms with van der Waals surface area (Å²) in [7, 11) is 0. The van der Waals surface area contributed by atoms with E-state index in [1.165, 1.54) is 16.5 Å². The molecule has 0 radical (unpaired) electrons. The lowest BCUT2D eigenvalue weighted by molar-refractivity contribution is 0.866. The SMILES string of the molecule is CCN(CC)c1ccc(/C=N/N(c2ccccc2)c2cccc3ccccc23)cc1. The summed E-state index contributed by atoms with van der Waals surface area (Å²) < 4.78 is 0. The Labute approximate surface area is 178 Å². The van der Waals surface area contributed by atoms with E-state index in [9.17, 15) is 0 Å². The molecule has 30 heavy (non-hydrogen) atoms. The Morgan fingerprint density at radius 1 is 0.667 bits per heavy atom. The Kier molecular flexibility index (Phi) is 6.09. The molecule has 0 aliphatic carbocycles. The minimum Gasteiger partial charge on any atom is -0.372 e. The summed E-state index contributed by atoms with van der Waals surface area (Å²) >= 11 is 0. The van der Waals surface area contributed by atoms with Crippen LogP contribution in [0.1, 0.15) is 19.4 Å². The summed E-state index contributed by atoms with van der Waals surface area (Å²) in [5.74, 6) is 0. The maximum atomic E-state index is 4.89. The lowest BCUT2D eigenvalue weighted by Gasteiger charge is -2.22. The van der Waals surface area contributed by atoms with Gasteiger partial charge in [-0.05, 0) is 55.1 Å². The summed E-state index contributed by atoms with van der Waals surface area (Å²) in [6.45, 7) is 6.38. The lowest BCUT2D eigenvalue weighted by Crippen LogP contribution is -2.21. The van der Waals surface area contributed by atoms with E-state index in [1.807, 2.05) is 29.4 Å². The van der Waals surface area contributed by atoms with Gasteiger partial charge in [-0.15, -0.1) is 0 Å². The van der Waals surface area contributed by atoms with Gasteiger partial charge in [-0.2, -0.15) is 5.10 Å². The zero-order chi connectivity index (χ0) is 20.8. The van der Waals surface area contributed by atoms with E-state index in [4.69, 9.17) is 5.10 Å². The fourth-order valence-electron chi connectivity index (χ4n) is 3.71. The first kappa shape index (κ1) is 19.7. The molecular formula is C27H27N3. The molecule has 0 fully saturated rings. The first-order valence-electron chi connectivity index (χ1n) is 10.5. The molecule has 0 unspecified atom stereocenters. The number of rotatable bonds is 7. The normalized spacial score (nSPS) is 11.1. The first-order chi connectivity index (χ1) is 14.8. The van der Waals surface area contributed by atoms with Crippen molar-refractivity contribution < 1.29 is 0 Å². The van der Waals surface area contributed by atoms with Gasteiger partial charge in [0.15, 0.2) is 0 Å². The Balaban J connectivity index is 1.71. The minimum absolute atomic E-state index is 1.01. The highest BCUT2D eigenvalue weighted by Gasteiger charge is 2.11. The Bertz CT molecular complexity index is 1110. The van der Waals surface area contributed by atoms with Crippen LogP contribution in [0.15, 0.2) is 102 Å². The van der Waals surface area contributed by atoms with Crippen molar-refractivity contribution in [3.8, 4) is 0 Å². The van der Waals surface area contributed by atoms with Gasteiger partial charge in [0.25, 0.3) is 0 Å². The monoisotopic (exact) mass is 393 g/mol.